The van der Waals surface area contributed by atoms with Crippen LogP contribution in [0.15, 0.2) is 110 Å². The molecule has 0 unspecified atom stereocenters. The van der Waals surface area contributed by atoms with Gasteiger partial charge >= 0.3 is 0 Å². The van der Waals surface area contributed by atoms with Crippen molar-refractivity contribution < 1.29 is 14.4 Å². The summed E-state index contributed by atoms with van der Waals surface area (Å²) >= 11 is 0. The Hall–Kier alpha value is -5.24. The highest BCUT2D eigenvalue weighted by atomic mass is 16.2. The minimum Gasteiger partial charge on any atom is -0.384 e. The summed E-state index contributed by atoms with van der Waals surface area (Å²) in [5.74, 6) is -0.573. The molecule has 0 spiro atoms. The van der Waals surface area contributed by atoms with Gasteiger partial charge in [0.25, 0.3) is 0 Å². The summed E-state index contributed by atoms with van der Waals surface area (Å²) < 4.78 is 0. The van der Waals surface area contributed by atoms with Gasteiger partial charge in [-0.3, -0.25) is 14.4 Å². The van der Waals surface area contributed by atoms with Gasteiger partial charge in [-0.25, -0.2) is 4.99 Å². The molecule has 0 aliphatic carbocycles. The minimum absolute atomic E-state index is 0.139. The van der Waals surface area contributed by atoms with Crippen LogP contribution in [0.1, 0.15) is 12.0 Å². The molecule has 0 aliphatic rings. The fraction of sp³-hybridized carbons (Fsp3) is 0.0667. The SMILES string of the molecule is C=CC(=O)Nc1ccc(-c2ccc(NC(=O)CCc3ccc(NC(=O)C=C)c(N=C(N)C=C)c3)cc2)cc1. The van der Waals surface area contributed by atoms with Gasteiger partial charge in [0.1, 0.15) is 5.84 Å². The van der Waals surface area contributed by atoms with Crippen LogP contribution in [0.5, 0.6) is 0 Å². The van der Waals surface area contributed by atoms with Crippen LogP contribution in [-0.4, -0.2) is 23.6 Å². The van der Waals surface area contributed by atoms with Gasteiger partial charge in [0, 0.05) is 17.8 Å². The summed E-state index contributed by atoms with van der Waals surface area (Å²) in [5, 5.41) is 8.30. The van der Waals surface area contributed by atoms with Crippen molar-refractivity contribution in [3.63, 3.8) is 0 Å². The lowest BCUT2D eigenvalue weighted by Crippen LogP contribution is -2.12. The number of aliphatic imine (C=N–C) groups is 1. The fourth-order valence-corrected chi connectivity index (χ4v) is 3.47. The highest BCUT2D eigenvalue weighted by Crippen LogP contribution is 2.28. The Kier molecular flexibility index (Phi) is 9.48. The van der Waals surface area contributed by atoms with Gasteiger partial charge in [0.15, 0.2) is 0 Å². The molecule has 0 bridgehead atoms. The zero-order chi connectivity index (χ0) is 27.5. The molecule has 8 heteroatoms. The number of carbonyl (C=O) groups is 3. The van der Waals surface area contributed by atoms with Crippen molar-refractivity contribution in [3.05, 3.63) is 110 Å². The molecule has 0 saturated carbocycles. The van der Waals surface area contributed by atoms with Crippen molar-refractivity contribution in [1.29, 1.82) is 0 Å². The zero-order valence-corrected chi connectivity index (χ0v) is 20.9. The first-order valence-electron chi connectivity index (χ1n) is 11.8. The van der Waals surface area contributed by atoms with Crippen LogP contribution in [-0.2, 0) is 20.8 Å². The molecule has 8 nitrogen and oxygen atoms in total. The van der Waals surface area contributed by atoms with Crippen LogP contribution >= 0.6 is 0 Å². The number of aryl methyl sites for hydroxylation is 1. The second-order valence-electron chi connectivity index (χ2n) is 8.18. The minimum atomic E-state index is -0.370. The number of carbonyl (C=O) groups excluding carboxylic acids is 3. The molecule has 3 aromatic rings. The van der Waals surface area contributed by atoms with Crippen molar-refractivity contribution in [2.45, 2.75) is 12.8 Å². The summed E-state index contributed by atoms with van der Waals surface area (Å²) in [6.45, 7) is 10.5. The molecule has 0 atom stereocenters. The summed E-state index contributed by atoms with van der Waals surface area (Å²) in [4.78, 5) is 40.0. The largest absolute Gasteiger partial charge is 0.384 e. The van der Waals surface area contributed by atoms with E-state index in [2.05, 4.69) is 40.7 Å². The molecule has 0 aliphatic heterocycles. The number of nitrogens with one attached hydrogen (secondary N) is 3. The van der Waals surface area contributed by atoms with Gasteiger partial charge in [-0.2, -0.15) is 0 Å². The Morgan fingerprint density at radius 3 is 1.84 bits per heavy atom. The highest BCUT2D eigenvalue weighted by molar-refractivity contribution is 6.02. The van der Waals surface area contributed by atoms with Crippen LogP contribution in [0.25, 0.3) is 11.1 Å². The zero-order valence-electron chi connectivity index (χ0n) is 20.9. The normalized spacial score (nSPS) is 10.7. The molecule has 5 N–H and O–H groups in total. The second kappa shape index (κ2) is 13.2. The van der Waals surface area contributed by atoms with Crippen molar-refractivity contribution >= 4 is 46.3 Å². The number of nitrogens with zero attached hydrogens (tertiary/aromatic N) is 1. The first-order valence-corrected chi connectivity index (χ1v) is 11.8. The van der Waals surface area contributed by atoms with E-state index < -0.39 is 0 Å². The molecule has 0 saturated heterocycles. The topological polar surface area (TPSA) is 126 Å². The van der Waals surface area contributed by atoms with Crippen LogP contribution in [0.2, 0.25) is 0 Å². The van der Waals surface area contributed by atoms with Gasteiger partial charge < -0.3 is 21.7 Å². The predicted octanol–water partition coefficient (Wildman–Crippen LogP) is 5.35. The molecule has 0 fully saturated rings. The van der Waals surface area contributed by atoms with Gasteiger partial charge in [0.05, 0.1) is 11.4 Å². The van der Waals surface area contributed by atoms with E-state index in [1.165, 1.54) is 12.2 Å². The number of benzene rings is 3. The third kappa shape index (κ3) is 7.89. The van der Waals surface area contributed by atoms with E-state index in [1.54, 1.807) is 12.1 Å². The number of hydrogen-bond donors (Lipinski definition) is 4. The van der Waals surface area contributed by atoms with Crippen molar-refractivity contribution in [3.8, 4) is 11.1 Å². The van der Waals surface area contributed by atoms with E-state index in [-0.39, 0.29) is 30.0 Å². The second-order valence-corrected chi connectivity index (χ2v) is 8.18. The van der Waals surface area contributed by atoms with Gasteiger partial charge in [-0.15, -0.1) is 0 Å². The van der Waals surface area contributed by atoms with Crippen LogP contribution in [0.4, 0.5) is 22.7 Å². The molecule has 38 heavy (non-hydrogen) atoms. The summed E-state index contributed by atoms with van der Waals surface area (Å²) in [6.07, 6.45) is 4.50. The number of hydrogen-bond acceptors (Lipinski definition) is 4. The van der Waals surface area contributed by atoms with E-state index in [0.717, 1.165) is 22.8 Å². The van der Waals surface area contributed by atoms with Gasteiger partial charge in [-0.1, -0.05) is 50.1 Å². The van der Waals surface area contributed by atoms with Crippen LogP contribution in [0.3, 0.4) is 0 Å². The third-order valence-electron chi connectivity index (χ3n) is 5.44. The molecular formula is C30H29N5O3. The van der Waals surface area contributed by atoms with E-state index in [9.17, 15) is 14.4 Å². The van der Waals surface area contributed by atoms with E-state index >= 15 is 0 Å². The Balaban J connectivity index is 1.61. The van der Waals surface area contributed by atoms with Gasteiger partial charge in [-0.05, 0) is 77.7 Å². The fourth-order valence-electron chi connectivity index (χ4n) is 3.47. The number of amidine groups is 1. The lowest BCUT2D eigenvalue weighted by molar-refractivity contribution is -0.116. The van der Waals surface area contributed by atoms with Crippen molar-refractivity contribution in [1.82, 2.24) is 0 Å². The maximum Gasteiger partial charge on any atom is 0.247 e. The quantitative estimate of drug-likeness (QED) is 0.159. The van der Waals surface area contributed by atoms with Crippen LogP contribution < -0.4 is 21.7 Å². The monoisotopic (exact) mass is 507 g/mol. The molecule has 3 rings (SSSR count). The van der Waals surface area contributed by atoms with E-state index in [4.69, 9.17) is 5.73 Å². The average Bonchev–Trinajstić information content (AvgIpc) is 2.93. The smallest absolute Gasteiger partial charge is 0.247 e. The first kappa shape index (κ1) is 27.3. The molecule has 0 aromatic heterocycles. The number of anilines is 3. The number of amides is 3. The lowest BCUT2D eigenvalue weighted by atomic mass is 10.0. The predicted molar refractivity (Wildman–Crippen MR) is 154 cm³/mol. The van der Waals surface area contributed by atoms with E-state index in [1.807, 2.05) is 54.6 Å². The standard InChI is InChI=1S/C30H29N5O3/c1-4-27(31)34-26-19-20(7-17-25(26)35-29(37)6-3)8-18-30(38)33-24-15-11-22(12-16-24)21-9-13-23(14-10-21)32-28(36)5-2/h4-7,9-17,19H,1-3,8,18H2,(H2,31,34)(H,32,36)(H,33,38)(H,35,37). The average molecular weight is 508 g/mol. The molecule has 0 radical (unpaired) electrons. The lowest BCUT2D eigenvalue weighted by Gasteiger charge is -2.10. The summed E-state index contributed by atoms with van der Waals surface area (Å²) in [5.41, 5.74) is 10.9. The summed E-state index contributed by atoms with van der Waals surface area (Å²) in [6, 6.07) is 20.2. The first-order chi connectivity index (χ1) is 18.3. The third-order valence-corrected chi connectivity index (χ3v) is 5.44. The van der Waals surface area contributed by atoms with Crippen LogP contribution in [0, 0.1) is 0 Å². The van der Waals surface area contributed by atoms with Crippen molar-refractivity contribution in [2.24, 2.45) is 10.7 Å². The Bertz CT molecular complexity index is 1390. The Labute approximate surface area is 221 Å². The Morgan fingerprint density at radius 1 is 0.737 bits per heavy atom. The molecule has 192 valence electrons. The maximum atomic E-state index is 12.6. The number of nitrogens with two attached hydrogens (primary N) is 1. The Morgan fingerprint density at radius 2 is 1.29 bits per heavy atom. The maximum absolute atomic E-state index is 12.6. The highest BCUT2D eigenvalue weighted by Gasteiger charge is 2.09. The number of rotatable bonds is 11. The molecule has 3 amide bonds. The molecule has 0 heterocycles. The summed E-state index contributed by atoms with van der Waals surface area (Å²) in [7, 11) is 0. The van der Waals surface area contributed by atoms with E-state index in [0.29, 0.717) is 29.2 Å². The van der Waals surface area contributed by atoms with Gasteiger partial charge in [0.2, 0.25) is 17.7 Å². The van der Waals surface area contributed by atoms with Crippen molar-refractivity contribution in [2.75, 3.05) is 16.0 Å². The molecular weight excluding hydrogens is 478 g/mol. The molecule has 3 aromatic carbocycles.